The van der Waals surface area contributed by atoms with E-state index in [2.05, 4.69) is 10.3 Å². The molecule has 1 aromatic heterocycles. The van der Waals surface area contributed by atoms with Crippen LogP contribution in [0.1, 0.15) is 37.3 Å². The summed E-state index contributed by atoms with van der Waals surface area (Å²) >= 11 is 0. The number of nitrogens with one attached hydrogen (secondary N) is 2. The minimum atomic E-state index is -0.417. The third-order valence-electron chi connectivity index (χ3n) is 4.60. The van der Waals surface area contributed by atoms with Crippen LogP contribution in [0.4, 0.5) is 5.69 Å². The van der Waals surface area contributed by atoms with Gasteiger partial charge < -0.3 is 10.3 Å². The van der Waals surface area contributed by atoms with E-state index in [0.29, 0.717) is 12.5 Å². The lowest BCUT2D eigenvalue weighted by Gasteiger charge is -2.18. The first kappa shape index (κ1) is 18.6. The summed E-state index contributed by atoms with van der Waals surface area (Å²) in [4.78, 5) is 26.3. The van der Waals surface area contributed by atoms with Crippen LogP contribution >= 0.6 is 0 Å². The lowest BCUT2D eigenvalue weighted by atomic mass is 9.88. The van der Waals surface area contributed by atoms with Gasteiger partial charge in [-0.05, 0) is 23.1 Å². The molecule has 2 N–H and O–H groups in total. The molecule has 3 aromatic rings. The zero-order chi connectivity index (χ0) is 19.4. The Hall–Kier alpha value is -3.15. The number of nitro benzene ring substituents is 1. The maximum absolute atomic E-state index is 12.5. The number of nitrogens with zero attached hydrogens (tertiary/aromatic N) is 1. The highest BCUT2D eigenvalue weighted by Gasteiger charge is 2.22. The van der Waals surface area contributed by atoms with Crippen molar-refractivity contribution in [2.75, 3.05) is 6.54 Å². The molecule has 0 saturated heterocycles. The second-order valence-corrected chi connectivity index (χ2v) is 7.09. The van der Waals surface area contributed by atoms with Gasteiger partial charge in [0, 0.05) is 48.1 Å². The van der Waals surface area contributed by atoms with E-state index in [0.717, 1.165) is 22.0 Å². The zero-order valence-electron chi connectivity index (χ0n) is 15.4. The molecule has 2 aromatic carbocycles. The number of carbonyl (C=O) groups excluding carboxylic acids is 1. The van der Waals surface area contributed by atoms with Gasteiger partial charge in [-0.3, -0.25) is 14.9 Å². The Balaban J connectivity index is 1.95. The Bertz CT molecular complexity index is 945. The van der Waals surface area contributed by atoms with Gasteiger partial charge in [-0.25, -0.2) is 0 Å². The van der Waals surface area contributed by atoms with Crippen LogP contribution in [-0.4, -0.2) is 22.4 Å². The summed E-state index contributed by atoms with van der Waals surface area (Å²) in [5.41, 5.74) is 2.94. The predicted octanol–water partition coefficient (Wildman–Crippen LogP) is 4.37. The normalized spacial score (nSPS) is 12.3. The molecule has 0 spiro atoms. The Kier molecular flexibility index (Phi) is 5.54. The van der Waals surface area contributed by atoms with Crippen LogP contribution in [0, 0.1) is 16.0 Å². The van der Waals surface area contributed by atoms with E-state index in [1.807, 2.05) is 44.3 Å². The molecule has 1 atom stereocenters. The van der Waals surface area contributed by atoms with Crippen molar-refractivity contribution >= 4 is 22.5 Å². The number of hydrogen-bond acceptors (Lipinski definition) is 3. The number of aromatic amines is 1. The second-order valence-electron chi connectivity index (χ2n) is 7.09. The molecule has 3 rings (SSSR count). The first-order valence-electron chi connectivity index (χ1n) is 9.02. The summed E-state index contributed by atoms with van der Waals surface area (Å²) in [6.07, 6.45) is 2.21. The molecule has 27 heavy (non-hydrogen) atoms. The lowest BCUT2D eigenvalue weighted by Crippen LogP contribution is -2.28. The number of fused-ring (bicyclic) bond motifs is 1. The number of non-ortho nitro benzene ring substituents is 1. The number of carbonyl (C=O) groups is 1. The van der Waals surface area contributed by atoms with Crippen LogP contribution in [0.15, 0.2) is 54.7 Å². The third-order valence-corrected chi connectivity index (χ3v) is 4.60. The highest BCUT2D eigenvalue weighted by Crippen LogP contribution is 2.34. The van der Waals surface area contributed by atoms with Crippen LogP contribution in [0.5, 0.6) is 0 Å². The molecule has 0 aliphatic heterocycles. The summed E-state index contributed by atoms with van der Waals surface area (Å²) in [5, 5.41) is 15.0. The van der Waals surface area contributed by atoms with Crippen LogP contribution in [0.25, 0.3) is 10.9 Å². The first-order valence-corrected chi connectivity index (χ1v) is 9.02. The van der Waals surface area contributed by atoms with Gasteiger partial charge in [0.2, 0.25) is 5.91 Å². The van der Waals surface area contributed by atoms with Crippen molar-refractivity contribution in [2.24, 2.45) is 5.92 Å². The molecule has 0 fully saturated rings. The van der Waals surface area contributed by atoms with Crippen molar-refractivity contribution in [3.05, 3.63) is 76.0 Å². The fourth-order valence-corrected chi connectivity index (χ4v) is 3.19. The number of aromatic nitrogens is 1. The van der Waals surface area contributed by atoms with E-state index in [1.165, 1.54) is 12.1 Å². The van der Waals surface area contributed by atoms with E-state index < -0.39 is 4.92 Å². The van der Waals surface area contributed by atoms with Gasteiger partial charge in [-0.2, -0.15) is 0 Å². The van der Waals surface area contributed by atoms with E-state index in [4.69, 9.17) is 0 Å². The molecular formula is C21H23N3O3. The van der Waals surface area contributed by atoms with Crippen LogP contribution in [-0.2, 0) is 4.79 Å². The van der Waals surface area contributed by atoms with Crippen molar-refractivity contribution in [3.8, 4) is 0 Å². The monoisotopic (exact) mass is 365 g/mol. The van der Waals surface area contributed by atoms with Gasteiger partial charge >= 0.3 is 0 Å². The molecule has 0 saturated carbocycles. The number of hydrogen-bond donors (Lipinski definition) is 2. The third kappa shape index (κ3) is 4.34. The highest BCUT2D eigenvalue weighted by molar-refractivity contribution is 5.86. The summed E-state index contributed by atoms with van der Waals surface area (Å²) < 4.78 is 0. The largest absolute Gasteiger partial charge is 0.361 e. The van der Waals surface area contributed by atoms with Crippen molar-refractivity contribution in [2.45, 2.75) is 26.2 Å². The standard InChI is InChI=1S/C21H23N3O3/c1-14(2)12-23-21(25)11-18(15-7-9-16(10-8-15)24(26)27)19-13-22-20-6-4-3-5-17(19)20/h3-10,13-14,18,22H,11-12H2,1-2H3,(H,23,25)/t18-/m1/s1. The molecule has 1 amide bonds. The minimum absolute atomic E-state index is 0.0302. The van der Waals surface area contributed by atoms with Gasteiger partial charge in [-0.15, -0.1) is 0 Å². The topological polar surface area (TPSA) is 88.0 Å². The number of para-hydroxylation sites is 1. The average molecular weight is 365 g/mol. The lowest BCUT2D eigenvalue weighted by molar-refractivity contribution is -0.384. The Morgan fingerprint density at radius 3 is 2.52 bits per heavy atom. The highest BCUT2D eigenvalue weighted by atomic mass is 16.6. The molecule has 0 radical (unpaired) electrons. The Labute approximate surface area is 157 Å². The smallest absolute Gasteiger partial charge is 0.269 e. The fourth-order valence-electron chi connectivity index (χ4n) is 3.19. The van der Waals surface area contributed by atoms with Gasteiger partial charge in [-0.1, -0.05) is 44.2 Å². The summed E-state index contributed by atoms with van der Waals surface area (Å²) in [7, 11) is 0. The summed E-state index contributed by atoms with van der Waals surface area (Å²) in [6, 6.07) is 14.4. The van der Waals surface area contributed by atoms with Crippen LogP contribution in [0.2, 0.25) is 0 Å². The van der Waals surface area contributed by atoms with E-state index in [-0.39, 0.29) is 23.9 Å². The number of rotatable bonds is 7. The number of benzene rings is 2. The molecule has 0 bridgehead atoms. The molecule has 0 aliphatic carbocycles. The van der Waals surface area contributed by atoms with E-state index in [9.17, 15) is 14.9 Å². The van der Waals surface area contributed by atoms with Gasteiger partial charge in [0.15, 0.2) is 0 Å². The number of nitro groups is 1. The number of H-pyrrole nitrogens is 1. The molecule has 6 heteroatoms. The predicted molar refractivity (Wildman–Crippen MR) is 106 cm³/mol. The molecule has 0 aliphatic rings. The Morgan fingerprint density at radius 1 is 1.15 bits per heavy atom. The van der Waals surface area contributed by atoms with Crippen molar-refractivity contribution in [3.63, 3.8) is 0 Å². The van der Waals surface area contributed by atoms with Gasteiger partial charge in [0.1, 0.15) is 0 Å². The van der Waals surface area contributed by atoms with Crippen molar-refractivity contribution < 1.29 is 9.72 Å². The number of amides is 1. The SMILES string of the molecule is CC(C)CNC(=O)C[C@H](c1ccc([N+](=O)[O-])cc1)c1c[nH]c2ccccc12. The maximum atomic E-state index is 12.5. The molecule has 1 heterocycles. The molecule has 6 nitrogen and oxygen atoms in total. The van der Waals surface area contributed by atoms with Gasteiger partial charge in [0.25, 0.3) is 5.69 Å². The molecule has 0 unspecified atom stereocenters. The second kappa shape index (κ2) is 8.03. The maximum Gasteiger partial charge on any atom is 0.269 e. The first-order chi connectivity index (χ1) is 13.0. The van der Waals surface area contributed by atoms with E-state index in [1.54, 1.807) is 12.1 Å². The minimum Gasteiger partial charge on any atom is -0.361 e. The van der Waals surface area contributed by atoms with Crippen molar-refractivity contribution in [1.82, 2.24) is 10.3 Å². The molecule has 140 valence electrons. The summed E-state index contributed by atoms with van der Waals surface area (Å²) in [6.45, 7) is 4.72. The average Bonchev–Trinajstić information content (AvgIpc) is 3.08. The van der Waals surface area contributed by atoms with Gasteiger partial charge in [0.05, 0.1) is 4.92 Å². The molecular weight excluding hydrogens is 342 g/mol. The Morgan fingerprint density at radius 2 is 1.85 bits per heavy atom. The quantitative estimate of drug-likeness (QED) is 0.481. The van der Waals surface area contributed by atoms with Crippen LogP contribution in [0.3, 0.4) is 0 Å². The summed E-state index contributed by atoms with van der Waals surface area (Å²) in [5.74, 6) is 0.159. The van der Waals surface area contributed by atoms with E-state index >= 15 is 0 Å². The fraction of sp³-hybridized carbons (Fsp3) is 0.286. The van der Waals surface area contributed by atoms with Crippen molar-refractivity contribution in [1.29, 1.82) is 0 Å². The van der Waals surface area contributed by atoms with Crippen LogP contribution < -0.4 is 5.32 Å². The zero-order valence-corrected chi connectivity index (χ0v) is 15.4.